The van der Waals surface area contributed by atoms with E-state index in [0.717, 1.165) is 0 Å². The second-order valence-corrected chi connectivity index (χ2v) is 4.35. The summed E-state index contributed by atoms with van der Waals surface area (Å²) < 4.78 is 0. The molecule has 0 aliphatic carbocycles. The van der Waals surface area contributed by atoms with Gasteiger partial charge in [-0.3, -0.25) is 4.79 Å². The second-order valence-electron chi connectivity index (χ2n) is 3.92. The highest BCUT2D eigenvalue weighted by molar-refractivity contribution is 6.33. The third-order valence-corrected chi connectivity index (χ3v) is 2.42. The Hall–Kier alpha value is -1.60. The molecule has 2 atom stereocenters. The molecule has 5 N–H and O–H groups in total. The van der Waals surface area contributed by atoms with Gasteiger partial charge in [-0.25, -0.2) is 9.59 Å². The molecule has 8 heteroatoms. The molecule has 2 unspecified atom stereocenters. The molecule has 18 heavy (non-hydrogen) atoms. The molecule has 0 aromatic rings. The highest BCUT2D eigenvalue weighted by Crippen LogP contribution is 2.09. The lowest BCUT2D eigenvalue weighted by atomic mass is 10.0. The third-order valence-electron chi connectivity index (χ3n) is 2.09. The second kappa shape index (κ2) is 6.97. The van der Waals surface area contributed by atoms with E-state index in [2.05, 4.69) is 5.32 Å². The molecule has 7 nitrogen and oxygen atoms in total. The van der Waals surface area contributed by atoms with Crippen molar-refractivity contribution in [2.75, 3.05) is 0 Å². The van der Waals surface area contributed by atoms with E-state index in [9.17, 15) is 14.4 Å². The smallest absolute Gasteiger partial charge is 0.331 e. The Balaban J connectivity index is 4.91. The van der Waals surface area contributed by atoms with Crippen molar-refractivity contribution in [1.29, 1.82) is 0 Å². The van der Waals surface area contributed by atoms with Gasteiger partial charge in [0.2, 0.25) is 5.91 Å². The maximum Gasteiger partial charge on any atom is 0.331 e. The fourth-order valence-electron chi connectivity index (χ4n) is 0.991. The first-order valence-electron chi connectivity index (χ1n) is 5.05. The fourth-order valence-corrected chi connectivity index (χ4v) is 1.23. The number of carbonyl (C=O) groups excluding carboxylic acids is 1. The van der Waals surface area contributed by atoms with Crippen molar-refractivity contribution < 1.29 is 24.6 Å². The van der Waals surface area contributed by atoms with Gasteiger partial charge >= 0.3 is 11.9 Å². The molecule has 0 fully saturated rings. The normalized spacial score (nSPS) is 15.1. The van der Waals surface area contributed by atoms with Crippen LogP contribution >= 0.6 is 11.6 Å². The average Bonchev–Trinajstić information content (AvgIpc) is 2.22. The van der Waals surface area contributed by atoms with Crippen molar-refractivity contribution in [2.45, 2.75) is 25.9 Å². The Morgan fingerprint density at radius 1 is 1.28 bits per heavy atom. The van der Waals surface area contributed by atoms with Gasteiger partial charge in [0.25, 0.3) is 0 Å². The van der Waals surface area contributed by atoms with E-state index in [1.165, 1.54) is 0 Å². The van der Waals surface area contributed by atoms with Crippen molar-refractivity contribution in [1.82, 2.24) is 5.32 Å². The predicted molar refractivity (Wildman–Crippen MR) is 64.0 cm³/mol. The zero-order chi connectivity index (χ0) is 14.5. The minimum absolute atomic E-state index is 0.193. The fraction of sp³-hybridized carbons (Fsp3) is 0.500. The van der Waals surface area contributed by atoms with Gasteiger partial charge in [0.15, 0.2) is 6.04 Å². The lowest BCUT2D eigenvalue weighted by molar-refractivity contribution is -0.140. The number of aliphatic carboxylic acids is 2. The highest BCUT2D eigenvalue weighted by Gasteiger charge is 2.27. The molecule has 1 amide bonds. The van der Waals surface area contributed by atoms with Crippen molar-refractivity contribution in [3.63, 3.8) is 0 Å². The predicted octanol–water partition coefficient (Wildman–Crippen LogP) is -0.254. The molecule has 0 saturated heterocycles. The molecule has 0 aliphatic heterocycles. The Bertz CT molecular complexity index is 380. The van der Waals surface area contributed by atoms with Crippen LogP contribution in [-0.4, -0.2) is 40.1 Å². The summed E-state index contributed by atoms with van der Waals surface area (Å²) in [5.41, 5.74) is 5.53. The maximum absolute atomic E-state index is 11.6. The first kappa shape index (κ1) is 16.4. The van der Waals surface area contributed by atoms with E-state index in [0.29, 0.717) is 6.08 Å². The monoisotopic (exact) mass is 278 g/mol. The van der Waals surface area contributed by atoms with Crippen LogP contribution in [0.15, 0.2) is 11.1 Å². The molecular weight excluding hydrogens is 264 g/mol. The van der Waals surface area contributed by atoms with Crippen molar-refractivity contribution in [3.05, 3.63) is 11.1 Å². The quantitative estimate of drug-likeness (QED) is 0.496. The van der Waals surface area contributed by atoms with Crippen molar-refractivity contribution >= 4 is 29.4 Å². The largest absolute Gasteiger partial charge is 0.479 e. The summed E-state index contributed by atoms with van der Waals surface area (Å²) in [6.07, 6.45) is 0.502. The average molecular weight is 279 g/mol. The van der Waals surface area contributed by atoms with Gasteiger partial charge in [-0.1, -0.05) is 25.4 Å². The number of hydrogen-bond acceptors (Lipinski definition) is 4. The van der Waals surface area contributed by atoms with Crippen LogP contribution in [0.2, 0.25) is 0 Å². The summed E-state index contributed by atoms with van der Waals surface area (Å²) in [6.45, 7) is 3.38. The topological polar surface area (TPSA) is 130 Å². The Morgan fingerprint density at radius 3 is 2.11 bits per heavy atom. The van der Waals surface area contributed by atoms with Crippen LogP contribution in [0.4, 0.5) is 0 Å². The summed E-state index contributed by atoms with van der Waals surface area (Å²) in [5, 5.41) is 18.9. The summed E-state index contributed by atoms with van der Waals surface area (Å²) >= 11 is 5.51. The molecule has 0 spiro atoms. The van der Waals surface area contributed by atoms with E-state index in [-0.39, 0.29) is 5.92 Å². The van der Waals surface area contributed by atoms with Crippen LogP contribution in [0.25, 0.3) is 0 Å². The minimum atomic E-state index is -1.62. The number of carboxylic acid groups (broad SMARTS) is 2. The molecule has 0 radical (unpaired) electrons. The lowest BCUT2D eigenvalue weighted by Crippen LogP contribution is -2.50. The lowest BCUT2D eigenvalue weighted by Gasteiger charge is -2.19. The maximum atomic E-state index is 11.6. The van der Waals surface area contributed by atoms with Crippen LogP contribution < -0.4 is 11.1 Å². The number of hydrogen-bond donors (Lipinski definition) is 4. The van der Waals surface area contributed by atoms with Crippen LogP contribution in [0, 0.1) is 5.92 Å². The van der Waals surface area contributed by atoms with Gasteiger partial charge in [-0.05, 0) is 5.92 Å². The number of nitrogens with two attached hydrogens (primary N) is 1. The number of nitrogens with one attached hydrogen (secondary N) is 1. The highest BCUT2D eigenvalue weighted by atomic mass is 35.5. The zero-order valence-corrected chi connectivity index (χ0v) is 10.6. The van der Waals surface area contributed by atoms with Gasteiger partial charge in [0, 0.05) is 6.08 Å². The molecule has 0 aromatic heterocycles. The first-order chi connectivity index (χ1) is 8.16. The molecular formula is C10H15ClN2O5. The number of carboxylic acids is 2. The Kier molecular flexibility index (Phi) is 6.35. The summed E-state index contributed by atoms with van der Waals surface area (Å²) in [5.74, 6) is -3.79. The molecule has 102 valence electrons. The van der Waals surface area contributed by atoms with E-state index >= 15 is 0 Å². The van der Waals surface area contributed by atoms with Gasteiger partial charge in [-0.15, -0.1) is 0 Å². The van der Waals surface area contributed by atoms with Gasteiger partial charge < -0.3 is 21.3 Å². The number of amides is 1. The van der Waals surface area contributed by atoms with E-state index in [1.54, 1.807) is 13.8 Å². The molecule has 0 aliphatic rings. The molecule has 0 heterocycles. The van der Waals surface area contributed by atoms with Crippen LogP contribution in [0.5, 0.6) is 0 Å². The zero-order valence-electron chi connectivity index (χ0n) is 9.88. The van der Waals surface area contributed by atoms with Crippen molar-refractivity contribution in [2.24, 2.45) is 11.7 Å². The Labute approximate surface area is 109 Å². The van der Waals surface area contributed by atoms with Crippen LogP contribution in [0.1, 0.15) is 13.8 Å². The van der Waals surface area contributed by atoms with Crippen LogP contribution in [-0.2, 0) is 14.4 Å². The molecule has 0 aromatic carbocycles. The summed E-state index contributed by atoms with van der Waals surface area (Å²) in [4.78, 5) is 32.8. The van der Waals surface area contributed by atoms with Gasteiger partial charge in [0.05, 0.1) is 11.1 Å². The number of rotatable bonds is 6. The van der Waals surface area contributed by atoms with E-state index in [4.69, 9.17) is 27.5 Å². The summed E-state index contributed by atoms with van der Waals surface area (Å²) in [7, 11) is 0. The van der Waals surface area contributed by atoms with Gasteiger partial charge in [0.1, 0.15) is 0 Å². The summed E-state index contributed by atoms with van der Waals surface area (Å²) in [6, 6.07) is -2.53. The van der Waals surface area contributed by atoms with E-state index < -0.39 is 35.0 Å². The first-order valence-corrected chi connectivity index (χ1v) is 5.43. The number of halogens is 1. The van der Waals surface area contributed by atoms with Gasteiger partial charge in [-0.2, -0.15) is 0 Å². The number of carbonyl (C=O) groups is 3. The Morgan fingerprint density at radius 2 is 1.78 bits per heavy atom. The standard InChI is InChI=1S/C10H15ClN2O5/c1-4(2)7(12)9(16)13-8(10(17)18)5(11)3-6(14)15/h3-4,7-8H,12H2,1-2H3,(H,13,16)(H,14,15)(H,17,18)/b5-3-. The third kappa shape index (κ3) is 5.15. The van der Waals surface area contributed by atoms with Crippen molar-refractivity contribution in [3.8, 4) is 0 Å². The van der Waals surface area contributed by atoms with E-state index in [1.807, 2.05) is 0 Å². The SMILES string of the molecule is CC(C)C(N)C(=O)NC(C(=O)O)/C(Cl)=C/C(=O)O. The minimum Gasteiger partial charge on any atom is -0.479 e. The molecule has 0 rings (SSSR count). The molecule has 0 bridgehead atoms. The van der Waals surface area contributed by atoms with Crippen LogP contribution in [0.3, 0.4) is 0 Å². The molecule has 0 saturated carbocycles.